The fraction of sp³-hybridized carbons (Fsp3) is 0.370. The summed E-state index contributed by atoms with van der Waals surface area (Å²) >= 11 is 0. The van der Waals surface area contributed by atoms with Gasteiger partial charge in [-0.2, -0.15) is 0 Å². The molecule has 0 bridgehead atoms. The number of allylic oxidation sites excluding steroid dienone is 1. The number of hydrogen-bond donors (Lipinski definition) is 0. The number of Topliss-reactive ketones (excluding diaryl/α,β-unsaturated/α-hetero) is 1. The van der Waals surface area contributed by atoms with Crippen molar-refractivity contribution < 1.29 is 23.8 Å². The van der Waals surface area contributed by atoms with Crippen LogP contribution in [0.5, 0.6) is 0 Å². The summed E-state index contributed by atoms with van der Waals surface area (Å²) in [6, 6.07) is 16.5. The van der Waals surface area contributed by atoms with Crippen molar-refractivity contribution in [2.75, 3.05) is 20.3 Å². The van der Waals surface area contributed by atoms with E-state index in [0.717, 1.165) is 28.1 Å². The van der Waals surface area contributed by atoms with Gasteiger partial charge in [0.15, 0.2) is 11.6 Å². The molecule has 1 aliphatic heterocycles. The first-order chi connectivity index (χ1) is 16.0. The molecule has 0 amide bonds. The standard InChI is InChI=1S/C27H27NO5/c1-17(24(29)15-25(30)31-2)22-16-27(32-13-14-33-27)12-11-23(22)28-26-20-9-5-3-7-18(20)19-8-4-6-10-21(19)26/h3-10,17H,11-16H2,1-2H3. The molecule has 0 saturated carbocycles. The highest BCUT2D eigenvalue weighted by molar-refractivity contribution is 6.24. The zero-order chi connectivity index (χ0) is 23.0. The molecule has 1 fully saturated rings. The second kappa shape index (κ2) is 8.69. The van der Waals surface area contributed by atoms with Crippen LogP contribution in [0, 0.1) is 5.92 Å². The fourth-order valence-electron chi connectivity index (χ4n) is 5.04. The molecule has 0 radical (unpaired) electrons. The van der Waals surface area contributed by atoms with E-state index in [0.29, 0.717) is 32.5 Å². The third-order valence-corrected chi connectivity index (χ3v) is 6.84. The first kappa shape index (κ1) is 21.7. The Hall–Kier alpha value is -3.09. The monoisotopic (exact) mass is 445 g/mol. The number of esters is 1. The Morgan fingerprint density at radius 3 is 2.15 bits per heavy atom. The Kier molecular flexibility index (Phi) is 5.72. The molecule has 6 heteroatoms. The van der Waals surface area contributed by atoms with Crippen LogP contribution < -0.4 is 0 Å². The van der Waals surface area contributed by atoms with Crippen molar-refractivity contribution in [1.29, 1.82) is 0 Å². The molecule has 1 spiro atoms. The number of carbonyl (C=O) groups is 2. The lowest BCUT2D eigenvalue weighted by Gasteiger charge is -2.35. The third-order valence-electron chi connectivity index (χ3n) is 6.84. The Bertz CT molecular complexity index is 1130. The van der Waals surface area contributed by atoms with E-state index in [9.17, 15) is 9.59 Å². The average Bonchev–Trinajstić information content (AvgIpc) is 3.42. The zero-order valence-electron chi connectivity index (χ0n) is 18.9. The van der Waals surface area contributed by atoms with Crippen LogP contribution in [0.15, 0.2) is 64.8 Å². The predicted molar refractivity (Wildman–Crippen MR) is 124 cm³/mol. The van der Waals surface area contributed by atoms with E-state index in [4.69, 9.17) is 19.2 Å². The first-order valence-electron chi connectivity index (χ1n) is 11.4. The van der Waals surface area contributed by atoms with Crippen molar-refractivity contribution in [3.05, 3.63) is 70.9 Å². The fourth-order valence-corrected chi connectivity index (χ4v) is 5.04. The van der Waals surface area contributed by atoms with Crippen LogP contribution in [-0.2, 0) is 23.8 Å². The SMILES string of the molecule is COC(=O)CC(=O)C(C)C1=C(N=C2c3ccccc3-c3ccccc32)CCC2(C1)OCCO2. The Morgan fingerprint density at radius 1 is 1.00 bits per heavy atom. The summed E-state index contributed by atoms with van der Waals surface area (Å²) in [4.78, 5) is 29.9. The van der Waals surface area contributed by atoms with E-state index >= 15 is 0 Å². The molecule has 2 aromatic rings. The molecule has 1 saturated heterocycles. The number of ether oxygens (including phenoxy) is 3. The first-order valence-corrected chi connectivity index (χ1v) is 11.4. The molecular formula is C27H27NO5. The van der Waals surface area contributed by atoms with Crippen LogP contribution in [0.4, 0.5) is 0 Å². The van der Waals surface area contributed by atoms with Crippen molar-refractivity contribution in [3.63, 3.8) is 0 Å². The number of nitrogens with zero attached hydrogens (tertiary/aromatic N) is 1. The number of carbonyl (C=O) groups excluding carboxylic acids is 2. The molecular weight excluding hydrogens is 418 g/mol. The maximum atomic E-state index is 12.9. The minimum atomic E-state index is -0.704. The minimum absolute atomic E-state index is 0.184. The molecule has 0 aromatic heterocycles. The highest BCUT2D eigenvalue weighted by Gasteiger charge is 2.43. The number of hydrogen-bond acceptors (Lipinski definition) is 6. The van der Waals surface area contributed by atoms with Crippen LogP contribution in [-0.4, -0.2) is 43.6 Å². The number of rotatable bonds is 5. The molecule has 0 N–H and O–H groups in total. The topological polar surface area (TPSA) is 74.2 Å². The number of methoxy groups -OCH3 is 1. The lowest BCUT2D eigenvalue weighted by molar-refractivity contribution is -0.165. The van der Waals surface area contributed by atoms with E-state index in [1.807, 2.05) is 31.2 Å². The van der Waals surface area contributed by atoms with Gasteiger partial charge < -0.3 is 14.2 Å². The molecule has 1 heterocycles. The predicted octanol–water partition coefficient (Wildman–Crippen LogP) is 4.45. The smallest absolute Gasteiger partial charge is 0.313 e. The summed E-state index contributed by atoms with van der Waals surface area (Å²) in [5.41, 5.74) is 7.20. The van der Waals surface area contributed by atoms with E-state index in [2.05, 4.69) is 24.3 Å². The lowest BCUT2D eigenvalue weighted by atomic mass is 9.81. The van der Waals surface area contributed by atoms with Gasteiger partial charge in [-0.3, -0.25) is 14.6 Å². The third kappa shape index (κ3) is 3.94. The van der Waals surface area contributed by atoms with Gasteiger partial charge in [-0.15, -0.1) is 0 Å². The summed E-state index contributed by atoms with van der Waals surface area (Å²) in [5, 5.41) is 0. The average molecular weight is 446 g/mol. The van der Waals surface area contributed by atoms with E-state index < -0.39 is 17.7 Å². The largest absolute Gasteiger partial charge is 0.469 e. The van der Waals surface area contributed by atoms with Gasteiger partial charge in [0.2, 0.25) is 0 Å². The van der Waals surface area contributed by atoms with Crippen molar-refractivity contribution in [2.24, 2.45) is 10.9 Å². The second-order valence-electron chi connectivity index (χ2n) is 8.75. The second-order valence-corrected chi connectivity index (χ2v) is 8.75. The Morgan fingerprint density at radius 2 is 1.58 bits per heavy atom. The summed E-state index contributed by atoms with van der Waals surface area (Å²) in [6.45, 7) is 2.93. The molecule has 6 nitrogen and oxygen atoms in total. The summed E-state index contributed by atoms with van der Waals surface area (Å²) in [7, 11) is 1.29. The minimum Gasteiger partial charge on any atom is -0.469 e. The molecule has 1 atom stereocenters. The van der Waals surface area contributed by atoms with Crippen LogP contribution in [0.1, 0.15) is 43.7 Å². The lowest BCUT2D eigenvalue weighted by Crippen LogP contribution is -2.36. The number of benzene rings is 2. The quantitative estimate of drug-likeness (QED) is 0.428. The highest BCUT2D eigenvalue weighted by atomic mass is 16.7. The van der Waals surface area contributed by atoms with Gasteiger partial charge in [0.25, 0.3) is 0 Å². The summed E-state index contributed by atoms with van der Waals surface area (Å²) < 4.78 is 16.6. The number of ketones is 1. The highest BCUT2D eigenvalue weighted by Crippen LogP contribution is 2.44. The van der Waals surface area contributed by atoms with E-state index in [-0.39, 0.29) is 12.2 Å². The number of aliphatic imine (C=N–C) groups is 1. The Labute approximate surface area is 193 Å². The van der Waals surface area contributed by atoms with Gasteiger partial charge in [-0.1, -0.05) is 55.5 Å². The van der Waals surface area contributed by atoms with Gasteiger partial charge in [0, 0.05) is 35.6 Å². The summed E-state index contributed by atoms with van der Waals surface area (Å²) in [5.74, 6) is -1.90. The molecule has 5 rings (SSSR count). The normalized spacial score (nSPS) is 19.3. The van der Waals surface area contributed by atoms with Crippen LogP contribution in [0.2, 0.25) is 0 Å². The molecule has 2 aromatic carbocycles. The van der Waals surface area contributed by atoms with E-state index in [1.54, 1.807) is 0 Å². The van der Waals surface area contributed by atoms with E-state index in [1.165, 1.54) is 18.2 Å². The molecule has 1 unspecified atom stereocenters. The molecule has 33 heavy (non-hydrogen) atoms. The van der Waals surface area contributed by atoms with Gasteiger partial charge >= 0.3 is 5.97 Å². The van der Waals surface area contributed by atoms with Gasteiger partial charge in [0.05, 0.1) is 26.0 Å². The van der Waals surface area contributed by atoms with Gasteiger partial charge in [-0.25, -0.2) is 0 Å². The van der Waals surface area contributed by atoms with Crippen molar-refractivity contribution in [3.8, 4) is 11.1 Å². The van der Waals surface area contributed by atoms with Gasteiger partial charge in [-0.05, 0) is 23.1 Å². The van der Waals surface area contributed by atoms with Crippen LogP contribution in [0.25, 0.3) is 11.1 Å². The summed E-state index contributed by atoms with van der Waals surface area (Å²) in [6.07, 6.45) is 1.53. The molecule has 3 aliphatic rings. The Balaban J connectivity index is 1.60. The van der Waals surface area contributed by atoms with Crippen LogP contribution >= 0.6 is 0 Å². The zero-order valence-corrected chi connectivity index (χ0v) is 18.9. The van der Waals surface area contributed by atoms with Crippen molar-refractivity contribution in [2.45, 2.75) is 38.4 Å². The molecule has 2 aliphatic carbocycles. The molecule has 170 valence electrons. The van der Waals surface area contributed by atoms with Gasteiger partial charge in [0.1, 0.15) is 6.42 Å². The maximum Gasteiger partial charge on any atom is 0.313 e. The number of fused-ring (bicyclic) bond motifs is 3. The maximum absolute atomic E-state index is 12.9. The van der Waals surface area contributed by atoms with Crippen molar-refractivity contribution >= 4 is 17.5 Å². The van der Waals surface area contributed by atoms with Crippen molar-refractivity contribution in [1.82, 2.24) is 0 Å². The van der Waals surface area contributed by atoms with Crippen LogP contribution in [0.3, 0.4) is 0 Å².